The van der Waals surface area contributed by atoms with Gasteiger partial charge in [-0.1, -0.05) is 0 Å². The second kappa shape index (κ2) is 9.39. The Hall–Kier alpha value is -4.06. The highest BCUT2D eigenvalue weighted by atomic mass is 16.3. The van der Waals surface area contributed by atoms with Crippen molar-refractivity contribution in [3.8, 4) is 6.19 Å². The lowest BCUT2D eigenvalue weighted by atomic mass is 10.1. The quantitative estimate of drug-likeness (QED) is 0.208. The molecule has 9 nitrogen and oxygen atoms in total. The van der Waals surface area contributed by atoms with E-state index in [4.69, 9.17) is 8.83 Å². The molecule has 0 spiro atoms. The Morgan fingerprint density at radius 1 is 1.31 bits per heavy atom. The maximum Gasteiger partial charge on any atom is 0.247 e. The lowest BCUT2D eigenvalue weighted by Gasteiger charge is -2.22. The van der Waals surface area contributed by atoms with Gasteiger partial charge in [-0.3, -0.25) is 14.9 Å². The minimum atomic E-state index is -0.696. The molecular formula is C23H23N5O4. The van der Waals surface area contributed by atoms with E-state index in [0.29, 0.717) is 24.2 Å². The fourth-order valence-corrected chi connectivity index (χ4v) is 3.74. The Kier molecular flexibility index (Phi) is 6.22. The summed E-state index contributed by atoms with van der Waals surface area (Å²) in [6.45, 7) is 2.33. The monoisotopic (exact) mass is 433 g/mol. The number of aliphatic imine (C=N–C) groups is 1. The van der Waals surface area contributed by atoms with Crippen LogP contribution in [0.4, 0.5) is 5.69 Å². The molecule has 32 heavy (non-hydrogen) atoms. The van der Waals surface area contributed by atoms with Crippen LogP contribution in [0.1, 0.15) is 35.4 Å². The number of nitrogens with zero attached hydrogens (tertiary/aromatic N) is 3. The summed E-state index contributed by atoms with van der Waals surface area (Å²) >= 11 is 0. The van der Waals surface area contributed by atoms with E-state index < -0.39 is 6.04 Å². The number of ketones is 1. The molecule has 1 aliphatic rings. The lowest BCUT2D eigenvalue weighted by molar-refractivity contribution is -0.131. The number of likely N-dealkylation sites (tertiary alicyclic amines) is 1. The zero-order valence-electron chi connectivity index (χ0n) is 17.6. The standard InChI is InChI=1S/C23H23N5O4/c1-15-10-17-11-18(5-6-21(17)32-15)26-23(25-14-24)27-19-4-2-3-8-28(22(19)30)12-20(29)16-7-9-31-13-16/h5-7,9-11,13,19H,2-4,8,12H2,1H3,(H2,25,26,27). The first-order valence-corrected chi connectivity index (χ1v) is 10.4. The number of aryl methyl sites for hydroxylation is 1. The Bertz CT molecular complexity index is 1190. The number of carbonyl (C=O) groups is 2. The summed E-state index contributed by atoms with van der Waals surface area (Å²) in [5, 5.41) is 15.7. The van der Waals surface area contributed by atoms with Crippen LogP contribution in [0.2, 0.25) is 0 Å². The molecule has 1 saturated heterocycles. The number of anilines is 1. The van der Waals surface area contributed by atoms with E-state index in [1.807, 2.05) is 37.4 Å². The highest BCUT2D eigenvalue weighted by Crippen LogP contribution is 2.23. The normalized spacial score (nSPS) is 17.1. The topological polar surface area (TPSA) is 124 Å². The van der Waals surface area contributed by atoms with Gasteiger partial charge in [-0.05, 0) is 56.5 Å². The van der Waals surface area contributed by atoms with Gasteiger partial charge in [0, 0.05) is 17.6 Å². The van der Waals surface area contributed by atoms with E-state index in [1.54, 1.807) is 6.07 Å². The number of fused-ring (bicyclic) bond motifs is 1. The number of hydrogen-bond donors (Lipinski definition) is 2. The van der Waals surface area contributed by atoms with Crippen LogP contribution < -0.4 is 10.6 Å². The third-order valence-corrected chi connectivity index (χ3v) is 5.29. The van der Waals surface area contributed by atoms with Gasteiger partial charge in [0.15, 0.2) is 12.0 Å². The number of benzene rings is 1. The van der Waals surface area contributed by atoms with E-state index in [1.165, 1.54) is 17.4 Å². The van der Waals surface area contributed by atoms with Crippen molar-refractivity contribution in [2.24, 2.45) is 4.99 Å². The smallest absolute Gasteiger partial charge is 0.247 e. The molecule has 3 heterocycles. The molecule has 0 saturated carbocycles. The molecule has 1 amide bonds. The van der Waals surface area contributed by atoms with E-state index in [-0.39, 0.29) is 24.2 Å². The van der Waals surface area contributed by atoms with Crippen molar-refractivity contribution in [3.05, 3.63) is 54.2 Å². The molecule has 1 aliphatic heterocycles. The van der Waals surface area contributed by atoms with Crippen molar-refractivity contribution in [3.63, 3.8) is 0 Å². The summed E-state index contributed by atoms with van der Waals surface area (Å²) in [7, 11) is 0. The SMILES string of the molecule is Cc1cc2cc(NC(=NC3CCCCN(CC(=O)c4ccoc4)C3=O)NC#N)ccc2o1. The van der Waals surface area contributed by atoms with Gasteiger partial charge in [0.25, 0.3) is 0 Å². The summed E-state index contributed by atoms with van der Waals surface area (Å²) in [4.78, 5) is 31.6. The lowest BCUT2D eigenvalue weighted by Crippen LogP contribution is -2.41. The van der Waals surface area contributed by atoms with Gasteiger partial charge in [0.1, 0.15) is 23.6 Å². The van der Waals surface area contributed by atoms with Crippen LogP contribution in [0.15, 0.2) is 56.7 Å². The summed E-state index contributed by atoms with van der Waals surface area (Å²) < 4.78 is 10.5. The molecule has 2 N–H and O–H groups in total. The molecule has 3 aromatic rings. The van der Waals surface area contributed by atoms with Gasteiger partial charge in [0.05, 0.1) is 18.4 Å². The summed E-state index contributed by atoms with van der Waals surface area (Å²) in [5.74, 6) is 0.553. The van der Waals surface area contributed by atoms with Crippen LogP contribution in [0.3, 0.4) is 0 Å². The van der Waals surface area contributed by atoms with Gasteiger partial charge in [-0.25, -0.2) is 4.99 Å². The van der Waals surface area contributed by atoms with Crippen LogP contribution >= 0.6 is 0 Å². The third-order valence-electron chi connectivity index (χ3n) is 5.29. The molecule has 1 aromatic carbocycles. The molecule has 0 bridgehead atoms. The molecule has 0 radical (unpaired) electrons. The van der Waals surface area contributed by atoms with Crippen molar-refractivity contribution in [1.82, 2.24) is 10.2 Å². The largest absolute Gasteiger partial charge is 0.472 e. The fraction of sp³-hybridized carbons (Fsp3) is 0.304. The number of rotatable bonds is 5. The minimum absolute atomic E-state index is 0.0324. The van der Waals surface area contributed by atoms with Crippen LogP contribution in [-0.2, 0) is 4.79 Å². The van der Waals surface area contributed by atoms with Crippen molar-refractivity contribution < 1.29 is 18.4 Å². The van der Waals surface area contributed by atoms with Gasteiger partial charge >= 0.3 is 0 Å². The number of furan rings is 2. The number of amides is 1. The van der Waals surface area contributed by atoms with E-state index in [9.17, 15) is 14.9 Å². The Labute approximate surface area is 184 Å². The van der Waals surface area contributed by atoms with Gasteiger partial charge in [-0.2, -0.15) is 5.26 Å². The minimum Gasteiger partial charge on any atom is -0.472 e. The van der Waals surface area contributed by atoms with Crippen molar-refractivity contribution in [2.75, 3.05) is 18.4 Å². The number of nitriles is 1. The van der Waals surface area contributed by atoms with Crippen molar-refractivity contribution in [1.29, 1.82) is 5.26 Å². The highest BCUT2D eigenvalue weighted by molar-refractivity contribution is 6.01. The Morgan fingerprint density at radius 2 is 2.19 bits per heavy atom. The molecule has 1 atom stereocenters. The molecule has 1 unspecified atom stereocenters. The predicted octanol–water partition coefficient (Wildman–Crippen LogP) is 3.44. The summed E-state index contributed by atoms with van der Waals surface area (Å²) in [6.07, 6.45) is 6.76. The molecule has 0 aliphatic carbocycles. The first-order chi connectivity index (χ1) is 15.5. The maximum atomic E-state index is 13.1. The second-order valence-electron chi connectivity index (χ2n) is 7.66. The van der Waals surface area contributed by atoms with Crippen LogP contribution in [0.5, 0.6) is 0 Å². The first-order valence-electron chi connectivity index (χ1n) is 10.4. The molecule has 4 rings (SSSR count). The highest BCUT2D eigenvalue weighted by Gasteiger charge is 2.29. The number of carbonyl (C=O) groups excluding carboxylic acids is 2. The first kappa shape index (κ1) is 21.2. The Balaban J connectivity index is 1.52. The van der Waals surface area contributed by atoms with Crippen molar-refractivity contribution in [2.45, 2.75) is 32.2 Å². The average molecular weight is 433 g/mol. The number of Topliss-reactive ketones (excluding diaryl/α,β-unsaturated/α-hetero) is 1. The van der Waals surface area contributed by atoms with Crippen LogP contribution in [0, 0.1) is 18.4 Å². The molecule has 2 aromatic heterocycles. The molecule has 164 valence electrons. The fourth-order valence-electron chi connectivity index (χ4n) is 3.74. The zero-order valence-corrected chi connectivity index (χ0v) is 17.6. The second-order valence-corrected chi connectivity index (χ2v) is 7.66. The van der Waals surface area contributed by atoms with Crippen LogP contribution in [0.25, 0.3) is 11.0 Å². The average Bonchev–Trinajstić information content (AvgIpc) is 3.39. The van der Waals surface area contributed by atoms with Gasteiger partial charge in [-0.15, -0.1) is 0 Å². The molecule has 9 heteroatoms. The van der Waals surface area contributed by atoms with Gasteiger partial charge in [0.2, 0.25) is 11.9 Å². The van der Waals surface area contributed by atoms with E-state index >= 15 is 0 Å². The van der Waals surface area contributed by atoms with Gasteiger partial charge < -0.3 is 19.1 Å². The summed E-state index contributed by atoms with van der Waals surface area (Å²) in [5.41, 5.74) is 1.89. The van der Waals surface area contributed by atoms with Crippen LogP contribution in [-0.4, -0.2) is 41.7 Å². The molecule has 1 fully saturated rings. The third kappa shape index (κ3) is 4.81. The number of hydrogen-bond acceptors (Lipinski definition) is 6. The van der Waals surface area contributed by atoms with E-state index in [2.05, 4.69) is 15.6 Å². The van der Waals surface area contributed by atoms with E-state index in [0.717, 1.165) is 29.6 Å². The number of guanidine groups is 1. The zero-order chi connectivity index (χ0) is 22.5. The Morgan fingerprint density at radius 3 is 2.97 bits per heavy atom. The number of nitrogens with one attached hydrogen (secondary N) is 2. The maximum absolute atomic E-state index is 13.1. The summed E-state index contributed by atoms with van der Waals surface area (Å²) in [6, 6.07) is 8.32. The van der Waals surface area contributed by atoms with Crippen molar-refractivity contribution >= 4 is 34.3 Å². The molecular weight excluding hydrogens is 410 g/mol. The predicted molar refractivity (Wildman–Crippen MR) is 118 cm³/mol.